The smallest absolute Gasteiger partial charge is 0.251 e. The maximum absolute atomic E-state index is 12.5. The number of hydrogen-bond acceptors (Lipinski definition) is 3. The van der Waals surface area contributed by atoms with Crippen molar-refractivity contribution < 1.29 is 4.79 Å². The number of nitrogens with zero attached hydrogens (tertiary/aromatic N) is 1. The van der Waals surface area contributed by atoms with Crippen molar-refractivity contribution in [2.75, 3.05) is 18.9 Å². The highest BCUT2D eigenvalue weighted by Gasteiger charge is 2.09. The summed E-state index contributed by atoms with van der Waals surface area (Å²) in [4.78, 5) is 12.5. The minimum atomic E-state index is -0.0377. The molecule has 0 radical (unpaired) electrons. The molecule has 0 fully saturated rings. The highest BCUT2D eigenvalue weighted by molar-refractivity contribution is 5.95. The molecule has 0 spiro atoms. The van der Waals surface area contributed by atoms with Gasteiger partial charge in [0.2, 0.25) is 0 Å². The van der Waals surface area contributed by atoms with Gasteiger partial charge in [0.15, 0.2) is 0 Å². The summed E-state index contributed by atoms with van der Waals surface area (Å²) in [6.07, 6.45) is 1.80. The van der Waals surface area contributed by atoms with Crippen LogP contribution in [0.15, 0.2) is 48.5 Å². The lowest BCUT2D eigenvalue weighted by Crippen LogP contribution is -2.24. The first-order chi connectivity index (χ1) is 13.1. The van der Waals surface area contributed by atoms with Gasteiger partial charge in [-0.25, -0.2) is 0 Å². The van der Waals surface area contributed by atoms with E-state index < -0.39 is 0 Å². The Morgan fingerprint density at radius 1 is 1.03 bits per heavy atom. The Labute approximate surface area is 184 Å². The fraction of sp³-hybridized carbons (Fsp3) is 0.273. The molecule has 3 N–H and O–H groups in total. The number of benzene rings is 2. The van der Waals surface area contributed by atoms with Gasteiger partial charge in [0.05, 0.1) is 5.69 Å². The molecule has 0 saturated heterocycles. The molecule has 0 aliphatic heterocycles. The molecule has 1 aromatic heterocycles. The van der Waals surface area contributed by atoms with E-state index in [1.54, 1.807) is 0 Å². The van der Waals surface area contributed by atoms with Crippen LogP contribution in [0.25, 0.3) is 11.1 Å². The quantitative estimate of drug-likeness (QED) is 0.461. The Balaban J connectivity index is 0.00000210. The van der Waals surface area contributed by atoms with E-state index in [0.717, 1.165) is 41.0 Å². The third-order valence-electron chi connectivity index (χ3n) is 4.80. The van der Waals surface area contributed by atoms with Crippen molar-refractivity contribution in [3.8, 4) is 11.1 Å². The van der Waals surface area contributed by atoms with Crippen molar-refractivity contribution >= 4 is 36.4 Å². The molecule has 2 aromatic carbocycles. The molecule has 156 valence electrons. The normalized spacial score (nSPS) is 9.90. The molecule has 1 heterocycles. The van der Waals surface area contributed by atoms with Gasteiger partial charge >= 0.3 is 0 Å². The molecule has 1 amide bonds. The number of aromatic amines is 1. The van der Waals surface area contributed by atoms with Crippen molar-refractivity contribution in [2.24, 2.45) is 0 Å². The van der Waals surface area contributed by atoms with Gasteiger partial charge in [-0.1, -0.05) is 24.3 Å². The second kappa shape index (κ2) is 11.5. The summed E-state index contributed by atoms with van der Waals surface area (Å²) in [5.41, 5.74) is 7.27. The van der Waals surface area contributed by atoms with Crippen LogP contribution < -0.4 is 10.6 Å². The first kappa shape index (κ1) is 24.5. The maximum atomic E-state index is 12.5. The number of rotatable bonds is 7. The average Bonchev–Trinajstić information content (AvgIpc) is 3.03. The summed E-state index contributed by atoms with van der Waals surface area (Å²) in [5.74, 6) is -0.0377. The van der Waals surface area contributed by atoms with E-state index in [-0.39, 0.29) is 30.7 Å². The predicted octanol–water partition coefficient (Wildman–Crippen LogP) is 4.94. The fourth-order valence-electron chi connectivity index (χ4n) is 3.18. The molecule has 0 saturated carbocycles. The summed E-state index contributed by atoms with van der Waals surface area (Å²) in [7, 11) is 1.90. The molecule has 0 atom stereocenters. The molecular weight excluding hydrogens is 407 g/mol. The van der Waals surface area contributed by atoms with Gasteiger partial charge < -0.3 is 10.6 Å². The second-order valence-electron chi connectivity index (χ2n) is 6.68. The predicted molar refractivity (Wildman–Crippen MR) is 125 cm³/mol. The van der Waals surface area contributed by atoms with Crippen LogP contribution in [0.3, 0.4) is 0 Å². The van der Waals surface area contributed by atoms with Gasteiger partial charge in [-0.2, -0.15) is 5.10 Å². The monoisotopic (exact) mass is 434 g/mol. The summed E-state index contributed by atoms with van der Waals surface area (Å²) in [5, 5.41) is 13.3. The van der Waals surface area contributed by atoms with Gasteiger partial charge in [0.25, 0.3) is 5.91 Å². The minimum absolute atomic E-state index is 0. The van der Waals surface area contributed by atoms with E-state index in [4.69, 9.17) is 0 Å². The van der Waals surface area contributed by atoms with Crippen LogP contribution in [0.4, 0.5) is 5.69 Å². The van der Waals surface area contributed by atoms with Crippen molar-refractivity contribution in [1.82, 2.24) is 15.5 Å². The van der Waals surface area contributed by atoms with Crippen LogP contribution in [0.1, 0.15) is 33.7 Å². The standard InChI is InChI=1S/C22H26N4O.2ClH/c1-15-21(16(2)26-25-15)8-5-13-24-22(27)19-7-4-6-18(14-19)17-9-11-20(23-3)12-10-17;;/h4,6-7,9-12,14,23H,5,8,13H2,1-3H3,(H,24,27)(H,25,26);2*1H. The third-order valence-corrected chi connectivity index (χ3v) is 4.80. The third kappa shape index (κ3) is 6.24. The highest BCUT2D eigenvalue weighted by Crippen LogP contribution is 2.22. The molecule has 0 aliphatic rings. The largest absolute Gasteiger partial charge is 0.388 e. The van der Waals surface area contributed by atoms with Gasteiger partial charge in [-0.05, 0) is 67.6 Å². The SMILES string of the molecule is CNc1ccc(-c2cccc(C(=O)NCCCc3c(C)n[nH]c3C)c2)cc1.Cl.Cl. The Morgan fingerprint density at radius 3 is 2.38 bits per heavy atom. The van der Waals surface area contributed by atoms with Crippen LogP contribution in [0.2, 0.25) is 0 Å². The Hall–Kier alpha value is -2.50. The van der Waals surface area contributed by atoms with Crippen LogP contribution in [0, 0.1) is 13.8 Å². The Kier molecular flexibility index (Phi) is 9.72. The van der Waals surface area contributed by atoms with E-state index in [2.05, 4.69) is 33.0 Å². The van der Waals surface area contributed by atoms with Gasteiger partial charge in [0.1, 0.15) is 0 Å². The highest BCUT2D eigenvalue weighted by atomic mass is 35.5. The molecule has 29 heavy (non-hydrogen) atoms. The van der Waals surface area contributed by atoms with E-state index in [0.29, 0.717) is 12.1 Å². The summed E-state index contributed by atoms with van der Waals surface area (Å²) < 4.78 is 0. The zero-order chi connectivity index (χ0) is 19.2. The zero-order valence-electron chi connectivity index (χ0n) is 16.9. The van der Waals surface area contributed by atoms with Crippen molar-refractivity contribution in [2.45, 2.75) is 26.7 Å². The number of carbonyl (C=O) groups is 1. The van der Waals surface area contributed by atoms with Gasteiger partial charge in [-0.15, -0.1) is 24.8 Å². The molecule has 0 bridgehead atoms. The van der Waals surface area contributed by atoms with Crippen LogP contribution in [-0.4, -0.2) is 29.7 Å². The number of anilines is 1. The van der Waals surface area contributed by atoms with Crippen LogP contribution >= 0.6 is 24.8 Å². The molecule has 0 unspecified atom stereocenters. The molecule has 3 aromatic rings. The molecule has 0 aliphatic carbocycles. The number of H-pyrrole nitrogens is 1. The van der Waals surface area contributed by atoms with Gasteiger partial charge in [0, 0.05) is 30.5 Å². The number of carbonyl (C=O) groups excluding carboxylic acids is 1. The Morgan fingerprint density at radius 2 is 1.76 bits per heavy atom. The number of nitrogens with one attached hydrogen (secondary N) is 3. The van der Waals surface area contributed by atoms with Gasteiger partial charge in [-0.3, -0.25) is 9.89 Å². The van der Waals surface area contributed by atoms with E-state index in [9.17, 15) is 4.79 Å². The Bertz CT molecular complexity index is 903. The van der Waals surface area contributed by atoms with Crippen molar-refractivity contribution in [1.29, 1.82) is 0 Å². The summed E-state index contributed by atoms with van der Waals surface area (Å²) in [6, 6.07) is 15.9. The fourth-order valence-corrected chi connectivity index (χ4v) is 3.18. The minimum Gasteiger partial charge on any atom is -0.388 e. The van der Waals surface area contributed by atoms with Crippen LogP contribution in [0.5, 0.6) is 0 Å². The number of halogens is 2. The summed E-state index contributed by atoms with van der Waals surface area (Å²) in [6.45, 7) is 4.68. The molecule has 3 rings (SSSR count). The first-order valence-corrected chi connectivity index (χ1v) is 9.25. The van der Waals surface area contributed by atoms with Crippen molar-refractivity contribution in [3.63, 3.8) is 0 Å². The van der Waals surface area contributed by atoms with E-state index in [1.807, 2.05) is 57.3 Å². The average molecular weight is 435 g/mol. The number of amides is 1. The lowest BCUT2D eigenvalue weighted by atomic mass is 10.0. The lowest BCUT2D eigenvalue weighted by Gasteiger charge is -2.08. The lowest BCUT2D eigenvalue weighted by molar-refractivity contribution is 0.0953. The van der Waals surface area contributed by atoms with Crippen LogP contribution in [-0.2, 0) is 6.42 Å². The maximum Gasteiger partial charge on any atom is 0.251 e. The topological polar surface area (TPSA) is 69.8 Å². The molecule has 7 heteroatoms. The van der Waals surface area contributed by atoms with Crippen molar-refractivity contribution in [3.05, 3.63) is 71.0 Å². The number of aromatic nitrogens is 2. The second-order valence-corrected chi connectivity index (χ2v) is 6.68. The number of aryl methyl sites for hydroxylation is 2. The molecular formula is C22H28Cl2N4O. The van der Waals surface area contributed by atoms with E-state index in [1.165, 1.54) is 5.56 Å². The van der Waals surface area contributed by atoms with E-state index >= 15 is 0 Å². The summed E-state index contributed by atoms with van der Waals surface area (Å²) >= 11 is 0. The zero-order valence-corrected chi connectivity index (χ0v) is 18.5. The number of hydrogen-bond donors (Lipinski definition) is 3. The molecule has 5 nitrogen and oxygen atoms in total. The first-order valence-electron chi connectivity index (χ1n) is 9.25.